The highest BCUT2D eigenvalue weighted by molar-refractivity contribution is 5.86. The van der Waals surface area contributed by atoms with Gasteiger partial charge in [0.25, 0.3) is 5.56 Å². The first-order valence-corrected chi connectivity index (χ1v) is 9.65. The van der Waals surface area contributed by atoms with E-state index in [1.807, 2.05) is 19.1 Å². The first-order chi connectivity index (χ1) is 14.1. The van der Waals surface area contributed by atoms with Gasteiger partial charge in [-0.15, -0.1) is 0 Å². The molecule has 1 aromatic heterocycles. The van der Waals surface area contributed by atoms with Crippen LogP contribution in [-0.2, 0) is 14.3 Å². The number of hydrogen-bond acceptors (Lipinski definition) is 6. The summed E-state index contributed by atoms with van der Waals surface area (Å²) in [5.41, 5.74) is 1.25. The number of aromatic nitrogens is 1. The lowest BCUT2D eigenvalue weighted by Gasteiger charge is -2.25. The lowest BCUT2D eigenvalue weighted by molar-refractivity contribution is -0.157. The van der Waals surface area contributed by atoms with Crippen molar-refractivity contribution in [3.63, 3.8) is 0 Å². The maximum absolute atomic E-state index is 13.1. The number of ether oxygens (including phenoxy) is 3. The molecule has 1 aromatic carbocycles. The summed E-state index contributed by atoms with van der Waals surface area (Å²) >= 11 is 0. The average Bonchev–Trinajstić information content (AvgIpc) is 2.67. The molecule has 0 radical (unpaired) electrons. The Morgan fingerprint density at radius 3 is 2.53 bits per heavy atom. The number of carbonyl (C=O) groups excluding carboxylic acids is 1. The minimum absolute atomic E-state index is 0.197. The second kappa shape index (κ2) is 9.59. The number of nitrogens with zero attached hydrogens (tertiary/aromatic N) is 1. The summed E-state index contributed by atoms with van der Waals surface area (Å²) in [6.45, 7) is 7.44. The van der Waals surface area contributed by atoms with Crippen molar-refractivity contribution in [3.8, 4) is 22.9 Å². The van der Waals surface area contributed by atoms with Crippen LogP contribution in [0.15, 0.2) is 29.2 Å². The van der Waals surface area contributed by atoms with E-state index in [1.54, 1.807) is 26.8 Å². The van der Waals surface area contributed by atoms with Gasteiger partial charge in [-0.05, 0) is 46.2 Å². The van der Waals surface area contributed by atoms with Crippen LogP contribution in [-0.4, -0.2) is 37.4 Å². The number of rotatable bonds is 7. The minimum atomic E-state index is -0.898. The summed E-state index contributed by atoms with van der Waals surface area (Å²) in [5, 5.41) is 9.65. The molecule has 0 spiro atoms. The number of pyridine rings is 1. The molecule has 0 fully saturated rings. The van der Waals surface area contributed by atoms with Crippen molar-refractivity contribution in [1.29, 1.82) is 5.26 Å². The van der Waals surface area contributed by atoms with E-state index in [9.17, 15) is 14.9 Å². The van der Waals surface area contributed by atoms with Crippen LogP contribution in [0.4, 0.5) is 0 Å². The molecule has 1 N–H and O–H groups in total. The Morgan fingerprint density at radius 1 is 1.27 bits per heavy atom. The fraction of sp³-hybridized carbons (Fsp3) is 0.435. The van der Waals surface area contributed by atoms with Gasteiger partial charge in [-0.3, -0.25) is 9.59 Å². The van der Waals surface area contributed by atoms with Gasteiger partial charge >= 0.3 is 5.97 Å². The highest BCUT2D eigenvalue weighted by Gasteiger charge is 2.33. The third kappa shape index (κ3) is 5.28. The van der Waals surface area contributed by atoms with Gasteiger partial charge in [-0.25, -0.2) is 0 Å². The fourth-order valence-electron chi connectivity index (χ4n) is 3.25. The van der Waals surface area contributed by atoms with E-state index >= 15 is 0 Å². The van der Waals surface area contributed by atoms with E-state index in [2.05, 4.69) is 11.1 Å². The topological polar surface area (TPSA) is 101 Å². The number of aromatic amines is 1. The zero-order valence-corrected chi connectivity index (χ0v) is 18.3. The van der Waals surface area contributed by atoms with Gasteiger partial charge in [0.15, 0.2) is 0 Å². The predicted molar refractivity (Wildman–Crippen MR) is 114 cm³/mol. The van der Waals surface area contributed by atoms with Gasteiger partial charge in [0.2, 0.25) is 0 Å². The van der Waals surface area contributed by atoms with Crippen LogP contribution in [0.2, 0.25) is 0 Å². The molecule has 7 nitrogen and oxygen atoms in total. The second-order valence-electron chi connectivity index (χ2n) is 8.00. The van der Waals surface area contributed by atoms with E-state index in [-0.39, 0.29) is 18.6 Å². The zero-order chi connectivity index (χ0) is 22.5. The number of benzene rings is 1. The summed E-state index contributed by atoms with van der Waals surface area (Å²) in [4.78, 5) is 28.7. The van der Waals surface area contributed by atoms with Crippen molar-refractivity contribution in [2.75, 3.05) is 20.8 Å². The first kappa shape index (κ1) is 23.2. The number of carbonyl (C=O) groups is 1. The highest BCUT2D eigenvalue weighted by atomic mass is 16.6. The molecule has 0 bridgehead atoms. The van der Waals surface area contributed by atoms with Crippen molar-refractivity contribution in [2.45, 2.75) is 45.6 Å². The third-order valence-corrected chi connectivity index (χ3v) is 4.53. The molecule has 0 amide bonds. The van der Waals surface area contributed by atoms with E-state index in [4.69, 9.17) is 14.2 Å². The van der Waals surface area contributed by atoms with Gasteiger partial charge in [0.1, 0.15) is 11.4 Å². The first-order valence-electron chi connectivity index (χ1n) is 9.65. The highest BCUT2D eigenvalue weighted by Crippen LogP contribution is 2.38. The van der Waals surface area contributed by atoms with Crippen LogP contribution >= 0.6 is 0 Å². The van der Waals surface area contributed by atoms with Gasteiger partial charge < -0.3 is 19.2 Å². The molecule has 0 saturated carbocycles. The molecule has 7 heteroatoms. The fourth-order valence-corrected chi connectivity index (χ4v) is 3.25. The van der Waals surface area contributed by atoms with E-state index < -0.39 is 23.0 Å². The van der Waals surface area contributed by atoms with E-state index in [0.717, 1.165) is 5.56 Å². The van der Waals surface area contributed by atoms with Crippen molar-refractivity contribution >= 4 is 5.97 Å². The average molecular weight is 412 g/mol. The van der Waals surface area contributed by atoms with Crippen LogP contribution in [0, 0.1) is 18.3 Å². The Balaban J connectivity index is 2.83. The van der Waals surface area contributed by atoms with Crippen LogP contribution in [0.25, 0.3) is 11.1 Å². The smallest absolute Gasteiger partial charge is 0.314 e. The monoisotopic (exact) mass is 412 g/mol. The molecule has 1 unspecified atom stereocenters. The van der Waals surface area contributed by atoms with Crippen LogP contribution in [0.1, 0.15) is 49.8 Å². The molecule has 0 saturated heterocycles. The molecule has 2 aromatic rings. The molecular formula is C23H28N2O5. The molecule has 1 atom stereocenters. The number of methoxy groups -OCH3 is 2. The minimum Gasteiger partial charge on any atom is -0.495 e. The predicted octanol–water partition coefficient (Wildman–Crippen LogP) is 3.69. The standard InChI is InChI=1S/C23H28N2O5/c1-14-7-8-15(12-24)17(11-14)19-18(29-6)13-25-21(26)20(19)16(9-10-28-5)22(27)30-23(2,3)4/h7-8,11,13,16H,9-10H2,1-6H3,(H,25,26). The molecule has 1 heterocycles. The Kier molecular flexibility index (Phi) is 7.41. The van der Waals surface area contributed by atoms with E-state index in [0.29, 0.717) is 22.4 Å². The molecule has 0 aliphatic carbocycles. The second-order valence-corrected chi connectivity index (χ2v) is 8.00. The van der Waals surface area contributed by atoms with Gasteiger partial charge in [-0.1, -0.05) is 11.6 Å². The number of esters is 1. The zero-order valence-electron chi connectivity index (χ0n) is 18.3. The van der Waals surface area contributed by atoms with Crippen LogP contribution in [0.5, 0.6) is 5.75 Å². The molecule has 160 valence electrons. The summed E-state index contributed by atoms with van der Waals surface area (Å²) in [6.07, 6.45) is 1.68. The molecule has 0 aliphatic rings. The van der Waals surface area contributed by atoms with Crippen LogP contribution < -0.4 is 10.3 Å². The van der Waals surface area contributed by atoms with Gasteiger partial charge in [0, 0.05) is 36.6 Å². The number of hydrogen-bond donors (Lipinski definition) is 1. The largest absolute Gasteiger partial charge is 0.495 e. The number of H-pyrrole nitrogens is 1. The Morgan fingerprint density at radius 2 is 1.97 bits per heavy atom. The number of nitrogens with one attached hydrogen (secondary N) is 1. The normalized spacial score (nSPS) is 12.2. The maximum atomic E-state index is 13.1. The quantitative estimate of drug-likeness (QED) is 0.696. The summed E-state index contributed by atoms with van der Waals surface area (Å²) in [7, 11) is 3.00. The molecular weight excluding hydrogens is 384 g/mol. The summed E-state index contributed by atoms with van der Waals surface area (Å²) in [5.74, 6) is -1.08. The van der Waals surface area contributed by atoms with E-state index in [1.165, 1.54) is 20.4 Å². The lowest BCUT2D eigenvalue weighted by Crippen LogP contribution is -2.31. The summed E-state index contributed by atoms with van der Waals surface area (Å²) in [6, 6.07) is 7.47. The summed E-state index contributed by atoms with van der Waals surface area (Å²) < 4.78 is 16.3. The third-order valence-electron chi connectivity index (χ3n) is 4.53. The van der Waals surface area contributed by atoms with Gasteiger partial charge in [-0.2, -0.15) is 5.26 Å². The maximum Gasteiger partial charge on any atom is 0.314 e. The Bertz CT molecular complexity index is 1010. The SMILES string of the molecule is COCCC(C(=O)OC(C)(C)C)c1c(-c2cc(C)ccc2C#N)c(OC)c[nH]c1=O. The van der Waals surface area contributed by atoms with Crippen molar-refractivity contribution < 1.29 is 19.0 Å². The lowest BCUT2D eigenvalue weighted by atomic mass is 9.87. The molecule has 30 heavy (non-hydrogen) atoms. The van der Waals surface area contributed by atoms with Crippen molar-refractivity contribution in [2.24, 2.45) is 0 Å². The Hall–Kier alpha value is -3.11. The van der Waals surface area contributed by atoms with Crippen molar-refractivity contribution in [3.05, 3.63) is 51.4 Å². The van der Waals surface area contributed by atoms with Gasteiger partial charge in [0.05, 0.1) is 24.7 Å². The Labute approximate surface area is 176 Å². The number of aryl methyl sites for hydroxylation is 1. The van der Waals surface area contributed by atoms with Crippen molar-refractivity contribution in [1.82, 2.24) is 4.98 Å². The molecule has 0 aliphatic heterocycles. The van der Waals surface area contributed by atoms with Crippen LogP contribution in [0.3, 0.4) is 0 Å². The molecule has 2 rings (SSSR count). The number of nitriles is 1.